The summed E-state index contributed by atoms with van der Waals surface area (Å²) in [6.07, 6.45) is -0.384. The summed E-state index contributed by atoms with van der Waals surface area (Å²) in [4.78, 5) is 16.4. The molecule has 0 radical (unpaired) electrons. The van der Waals surface area contributed by atoms with E-state index in [0.29, 0.717) is 13.1 Å². The van der Waals surface area contributed by atoms with E-state index in [9.17, 15) is 4.79 Å². The summed E-state index contributed by atoms with van der Waals surface area (Å²) in [7, 11) is 0. The fourth-order valence-electron chi connectivity index (χ4n) is 4.07. The first-order valence-electron chi connectivity index (χ1n) is 13.2. The molecule has 4 rings (SSSR count). The lowest BCUT2D eigenvalue weighted by Gasteiger charge is -2.26. The fraction of sp³-hybridized carbons (Fsp3) is 0.552. The molecule has 3 N–H and O–H groups in total. The maximum Gasteiger partial charge on any atom is 0.407 e. The smallest absolute Gasteiger partial charge is 0.407 e. The highest BCUT2D eigenvalue weighted by atomic mass is 16.6. The van der Waals surface area contributed by atoms with Crippen molar-refractivity contribution in [3.8, 4) is 0 Å². The van der Waals surface area contributed by atoms with Gasteiger partial charge in [-0.2, -0.15) is 0 Å². The van der Waals surface area contributed by atoms with Crippen LogP contribution in [0.15, 0.2) is 48.5 Å². The van der Waals surface area contributed by atoms with Crippen LogP contribution in [0.25, 0.3) is 0 Å². The number of benzene rings is 2. The number of carbonyl (C=O) groups excluding carboxylic acids is 1. The lowest BCUT2D eigenvalue weighted by atomic mass is 10.1. The molecule has 37 heavy (non-hydrogen) atoms. The number of nitrogens with two attached hydrogens (primary N) is 1. The number of nitrogens with zero attached hydrogens (tertiary/aromatic N) is 2. The van der Waals surface area contributed by atoms with Gasteiger partial charge in [0.25, 0.3) is 0 Å². The Kier molecular flexibility index (Phi) is 11.8. The zero-order valence-corrected chi connectivity index (χ0v) is 22.7. The summed E-state index contributed by atoms with van der Waals surface area (Å²) >= 11 is 0. The second-order valence-corrected chi connectivity index (χ2v) is 10.5. The number of amides is 1. The number of alkyl carbamates (subject to hydrolysis) is 1. The van der Waals surface area contributed by atoms with E-state index in [-0.39, 0.29) is 6.09 Å². The zero-order chi connectivity index (χ0) is 26.5. The number of morpholine rings is 2. The van der Waals surface area contributed by atoms with E-state index in [2.05, 4.69) is 51.5 Å². The summed E-state index contributed by atoms with van der Waals surface area (Å²) in [6.45, 7) is 16.0. The molecule has 2 aliphatic rings. The molecule has 0 aliphatic carbocycles. The highest BCUT2D eigenvalue weighted by Crippen LogP contribution is 2.11. The van der Waals surface area contributed by atoms with Gasteiger partial charge < -0.3 is 25.3 Å². The van der Waals surface area contributed by atoms with E-state index in [1.54, 1.807) is 0 Å². The Balaban J connectivity index is 0.000000220. The Bertz CT molecular complexity index is 916. The van der Waals surface area contributed by atoms with Gasteiger partial charge in [-0.05, 0) is 43.0 Å². The number of hydrogen-bond acceptors (Lipinski definition) is 7. The molecule has 2 saturated heterocycles. The monoisotopic (exact) mass is 512 g/mol. The van der Waals surface area contributed by atoms with Crippen molar-refractivity contribution in [2.75, 3.05) is 52.6 Å². The van der Waals surface area contributed by atoms with E-state index in [4.69, 9.17) is 19.9 Å². The van der Waals surface area contributed by atoms with Crippen LogP contribution in [0.5, 0.6) is 0 Å². The minimum atomic E-state index is -0.466. The van der Waals surface area contributed by atoms with Gasteiger partial charge in [0.05, 0.1) is 26.4 Å². The average molecular weight is 513 g/mol. The molecule has 0 spiro atoms. The van der Waals surface area contributed by atoms with Crippen molar-refractivity contribution >= 4 is 6.09 Å². The predicted octanol–water partition coefficient (Wildman–Crippen LogP) is 3.52. The maximum atomic E-state index is 11.6. The average Bonchev–Trinajstić information content (AvgIpc) is 2.89. The topological polar surface area (TPSA) is 89.3 Å². The van der Waals surface area contributed by atoms with Crippen molar-refractivity contribution in [2.24, 2.45) is 5.73 Å². The Morgan fingerprint density at radius 3 is 1.59 bits per heavy atom. The van der Waals surface area contributed by atoms with E-state index in [1.165, 1.54) is 16.7 Å². The van der Waals surface area contributed by atoms with Crippen LogP contribution >= 0.6 is 0 Å². The normalized spacial score (nSPS) is 17.0. The Morgan fingerprint density at radius 2 is 1.19 bits per heavy atom. The molecule has 2 aromatic carbocycles. The summed E-state index contributed by atoms with van der Waals surface area (Å²) in [5.41, 5.74) is 9.99. The quantitative estimate of drug-likeness (QED) is 0.587. The fourth-order valence-corrected chi connectivity index (χ4v) is 4.07. The molecule has 1 amide bonds. The molecular weight excluding hydrogens is 468 g/mol. The highest BCUT2D eigenvalue weighted by molar-refractivity contribution is 5.67. The van der Waals surface area contributed by atoms with E-state index < -0.39 is 5.60 Å². The number of rotatable bonds is 7. The molecule has 8 heteroatoms. The van der Waals surface area contributed by atoms with Crippen LogP contribution in [0, 0.1) is 0 Å². The molecule has 0 aromatic heterocycles. The zero-order valence-electron chi connectivity index (χ0n) is 22.7. The molecular formula is C29H44N4O4. The third-order valence-electron chi connectivity index (χ3n) is 6.14. The predicted molar refractivity (Wildman–Crippen MR) is 146 cm³/mol. The van der Waals surface area contributed by atoms with Crippen LogP contribution < -0.4 is 11.1 Å². The van der Waals surface area contributed by atoms with Crippen molar-refractivity contribution in [1.82, 2.24) is 15.1 Å². The van der Waals surface area contributed by atoms with Crippen molar-refractivity contribution in [3.63, 3.8) is 0 Å². The van der Waals surface area contributed by atoms with Crippen LogP contribution in [0.2, 0.25) is 0 Å². The molecule has 0 unspecified atom stereocenters. The van der Waals surface area contributed by atoms with Gasteiger partial charge in [-0.1, -0.05) is 48.5 Å². The second-order valence-electron chi connectivity index (χ2n) is 10.5. The number of ether oxygens (including phenoxy) is 3. The lowest BCUT2D eigenvalue weighted by molar-refractivity contribution is 0.0341. The van der Waals surface area contributed by atoms with Crippen LogP contribution in [0.4, 0.5) is 4.79 Å². The molecule has 2 aromatic rings. The van der Waals surface area contributed by atoms with Gasteiger partial charge in [-0.25, -0.2) is 4.79 Å². The SMILES string of the molecule is CC(C)(C)OC(=O)NCc1ccc(CN2CCOCC2)cc1.NCc1ccc(CN2CCOCC2)cc1. The molecule has 0 saturated carbocycles. The van der Waals surface area contributed by atoms with Crippen molar-refractivity contribution < 1.29 is 19.0 Å². The minimum Gasteiger partial charge on any atom is -0.444 e. The first-order valence-corrected chi connectivity index (χ1v) is 13.2. The van der Waals surface area contributed by atoms with Gasteiger partial charge in [-0.15, -0.1) is 0 Å². The Hall–Kier alpha value is -2.49. The van der Waals surface area contributed by atoms with Crippen LogP contribution in [0.3, 0.4) is 0 Å². The first-order chi connectivity index (χ1) is 17.8. The van der Waals surface area contributed by atoms with Gasteiger partial charge >= 0.3 is 6.09 Å². The van der Waals surface area contributed by atoms with Crippen LogP contribution in [-0.4, -0.2) is 74.1 Å². The van der Waals surface area contributed by atoms with E-state index >= 15 is 0 Å². The van der Waals surface area contributed by atoms with Crippen molar-refractivity contribution in [3.05, 3.63) is 70.8 Å². The lowest BCUT2D eigenvalue weighted by Crippen LogP contribution is -2.35. The first kappa shape index (κ1) is 29.1. The van der Waals surface area contributed by atoms with Crippen molar-refractivity contribution in [2.45, 2.75) is 52.6 Å². The van der Waals surface area contributed by atoms with E-state index in [0.717, 1.165) is 71.3 Å². The molecule has 204 valence electrons. The van der Waals surface area contributed by atoms with Crippen LogP contribution in [-0.2, 0) is 40.4 Å². The number of carbonyl (C=O) groups is 1. The molecule has 2 aliphatic heterocycles. The van der Waals surface area contributed by atoms with Gasteiger partial charge in [-0.3, -0.25) is 9.80 Å². The summed E-state index contributed by atoms with van der Waals surface area (Å²) in [5, 5.41) is 2.77. The third kappa shape index (κ3) is 11.6. The summed E-state index contributed by atoms with van der Waals surface area (Å²) in [6, 6.07) is 16.9. The third-order valence-corrected chi connectivity index (χ3v) is 6.14. The Labute approximate surface area is 222 Å². The largest absolute Gasteiger partial charge is 0.444 e. The standard InChI is InChI=1S/C17H26N2O3.C12H18N2O/c1-17(2,3)22-16(20)18-12-14-4-6-15(7-5-14)13-19-8-10-21-11-9-19;13-9-11-1-3-12(4-2-11)10-14-5-7-15-8-6-14/h4-7H,8-13H2,1-3H3,(H,18,20);1-4H,5-10,13H2. The van der Waals surface area contributed by atoms with Gasteiger partial charge in [0.1, 0.15) is 5.60 Å². The molecule has 0 atom stereocenters. The molecule has 2 fully saturated rings. The van der Waals surface area contributed by atoms with Gasteiger partial charge in [0.15, 0.2) is 0 Å². The summed E-state index contributed by atoms with van der Waals surface area (Å²) in [5.74, 6) is 0. The number of nitrogens with one attached hydrogen (secondary N) is 1. The van der Waals surface area contributed by atoms with Gasteiger partial charge in [0, 0.05) is 52.4 Å². The van der Waals surface area contributed by atoms with Crippen LogP contribution in [0.1, 0.15) is 43.0 Å². The second kappa shape index (κ2) is 15.1. The Morgan fingerprint density at radius 1 is 0.784 bits per heavy atom. The molecule has 0 bridgehead atoms. The summed E-state index contributed by atoms with van der Waals surface area (Å²) < 4.78 is 15.9. The minimum absolute atomic E-state index is 0.384. The highest BCUT2D eigenvalue weighted by Gasteiger charge is 2.16. The van der Waals surface area contributed by atoms with Gasteiger partial charge in [0.2, 0.25) is 0 Å². The maximum absolute atomic E-state index is 11.6. The molecule has 2 heterocycles. The van der Waals surface area contributed by atoms with Crippen molar-refractivity contribution in [1.29, 1.82) is 0 Å². The number of hydrogen-bond donors (Lipinski definition) is 2. The molecule has 8 nitrogen and oxygen atoms in total. The van der Waals surface area contributed by atoms with E-state index in [1.807, 2.05) is 32.9 Å².